The highest BCUT2D eigenvalue weighted by atomic mass is 16.4. The number of carbonyl (C=O) groups is 2. The summed E-state index contributed by atoms with van der Waals surface area (Å²) in [6, 6.07) is 9.36. The average Bonchev–Trinajstić information content (AvgIpc) is 3.28. The summed E-state index contributed by atoms with van der Waals surface area (Å²) in [6.07, 6.45) is 7.36. The fourth-order valence-corrected chi connectivity index (χ4v) is 5.15. The van der Waals surface area contributed by atoms with Crippen LogP contribution in [-0.2, 0) is 4.79 Å². The molecule has 0 spiro atoms. The molecule has 3 fully saturated rings. The number of nitrogens with zero attached hydrogens (tertiary/aromatic N) is 4. The number of nitrogens with one attached hydrogen (secondary N) is 2. The first-order valence-electron chi connectivity index (χ1n) is 11.7. The summed E-state index contributed by atoms with van der Waals surface area (Å²) >= 11 is 0. The molecule has 6 rings (SSSR count). The number of carbonyl (C=O) groups excluding carboxylic acids is 1. The van der Waals surface area contributed by atoms with Crippen LogP contribution < -0.4 is 10.6 Å². The van der Waals surface area contributed by atoms with E-state index in [1.165, 1.54) is 12.4 Å². The first-order chi connectivity index (χ1) is 16.8. The number of rotatable bonds is 7. The number of carboxylic acids is 1. The van der Waals surface area contributed by atoms with Crippen molar-refractivity contribution in [3.63, 3.8) is 0 Å². The Kier molecular flexibility index (Phi) is 5.65. The smallest absolute Gasteiger partial charge is 0.305 e. The highest BCUT2D eigenvalue weighted by Crippen LogP contribution is 2.48. The van der Waals surface area contributed by atoms with Crippen LogP contribution >= 0.6 is 0 Å². The van der Waals surface area contributed by atoms with Crippen LogP contribution in [0, 0.1) is 11.3 Å². The number of pyridine rings is 1. The molecule has 180 valence electrons. The topological polar surface area (TPSA) is 153 Å². The highest BCUT2D eigenvalue weighted by molar-refractivity contribution is 6.00. The predicted octanol–water partition coefficient (Wildman–Crippen LogP) is 2.72. The zero-order valence-electron chi connectivity index (χ0n) is 19.1. The van der Waals surface area contributed by atoms with Gasteiger partial charge >= 0.3 is 5.97 Å². The van der Waals surface area contributed by atoms with Crippen molar-refractivity contribution in [2.24, 2.45) is 0 Å². The lowest BCUT2D eigenvalue weighted by Crippen LogP contribution is -2.54. The molecule has 10 heteroatoms. The third-order valence-corrected chi connectivity index (χ3v) is 7.27. The molecule has 3 aliphatic carbocycles. The van der Waals surface area contributed by atoms with Gasteiger partial charge in [0.2, 0.25) is 0 Å². The number of fused-ring (bicyclic) bond motifs is 4. The molecule has 1 amide bonds. The molecule has 4 N–H and O–H groups in total. The van der Waals surface area contributed by atoms with Crippen molar-refractivity contribution < 1.29 is 19.8 Å². The van der Waals surface area contributed by atoms with Gasteiger partial charge in [0.25, 0.3) is 5.91 Å². The first-order valence-corrected chi connectivity index (χ1v) is 11.7. The van der Waals surface area contributed by atoms with E-state index >= 15 is 0 Å². The zero-order chi connectivity index (χ0) is 24.6. The van der Waals surface area contributed by atoms with Crippen LogP contribution in [0.3, 0.4) is 0 Å². The number of carboxylic acid groups (broad SMARTS) is 1. The highest BCUT2D eigenvalue weighted by Gasteiger charge is 2.48. The van der Waals surface area contributed by atoms with Crippen LogP contribution in [0.1, 0.15) is 60.9 Å². The van der Waals surface area contributed by atoms with Gasteiger partial charge in [-0.2, -0.15) is 10.4 Å². The standard InChI is InChI=1S/C25H26N6O4/c26-13-16-11-17-1-2-21(31(17)29-14-16)20-12-19(18(15-28-20)23(34)27-10-3-22(32)33)30-24-4-7-25(35,8-5-24)9-6-24/h1-2,11-12,14-15,35H,3-10H2,(H,27,34)(H,28,30)(H,32,33). The van der Waals surface area contributed by atoms with E-state index in [1.807, 2.05) is 18.2 Å². The van der Waals surface area contributed by atoms with E-state index in [9.17, 15) is 14.7 Å². The largest absolute Gasteiger partial charge is 0.481 e. The molecule has 0 aliphatic heterocycles. The minimum Gasteiger partial charge on any atom is -0.481 e. The van der Waals surface area contributed by atoms with Gasteiger partial charge in [-0.15, -0.1) is 0 Å². The third kappa shape index (κ3) is 4.42. The van der Waals surface area contributed by atoms with Crippen molar-refractivity contribution in [1.29, 1.82) is 5.26 Å². The second-order valence-corrected chi connectivity index (χ2v) is 9.56. The zero-order valence-corrected chi connectivity index (χ0v) is 19.1. The van der Waals surface area contributed by atoms with E-state index < -0.39 is 17.5 Å². The van der Waals surface area contributed by atoms with Gasteiger partial charge in [0.1, 0.15) is 6.07 Å². The lowest BCUT2D eigenvalue weighted by Gasteiger charge is -2.51. The Hall–Kier alpha value is -3.97. The van der Waals surface area contributed by atoms with Crippen molar-refractivity contribution in [2.45, 2.75) is 56.1 Å². The minimum absolute atomic E-state index is 0.0159. The predicted molar refractivity (Wildman–Crippen MR) is 127 cm³/mol. The minimum atomic E-state index is -0.986. The maximum atomic E-state index is 13.0. The summed E-state index contributed by atoms with van der Waals surface area (Å²) < 4.78 is 1.69. The summed E-state index contributed by atoms with van der Waals surface area (Å²) in [4.78, 5) is 28.3. The van der Waals surface area contributed by atoms with E-state index in [2.05, 4.69) is 26.8 Å². The SMILES string of the molecule is N#Cc1cnn2c(-c3cc(NC45CCC(O)(CC4)CC5)c(C(=O)NCCC(=O)O)cn3)ccc2c1. The van der Waals surface area contributed by atoms with E-state index in [1.54, 1.807) is 10.6 Å². The van der Waals surface area contributed by atoms with Crippen molar-refractivity contribution in [1.82, 2.24) is 19.9 Å². The van der Waals surface area contributed by atoms with Gasteiger partial charge in [0, 0.05) is 18.3 Å². The van der Waals surface area contributed by atoms with Gasteiger partial charge in [-0.25, -0.2) is 4.52 Å². The number of amides is 1. The Morgan fingerprint density at radius 3 is 2.54 bits per heavy atom. The number of anilines is 1. The maximum absolute atomic E-state index is 13.0. The Morgan fingerprint density at radius 1 is 1.11 bits per heavy atom. The van der Waals surface area contributed by atoms with Crippen LogP contribution in [-0.4, -0.2) is 54.4 Å². The lowest BCUT2D eigenvalue weighted by atomic mass is 9.63. The second kappa shape index (κ2) is 8.67. The van der Waals surface area contributed by atoms with E-state index in [0.717, 1.165) is 24.8 Å². The summed E-state index contributed by atoms with van der Waals surface area (Å²) in [6.45, 7) is 0.0159. The van der Waals surface area contributed by atoms with Crippen molar-refractivity contribution in [3.05, 3.63) is 47.8 Å². The fourth-order valence-electron chi connectivity index (χ4n) is 5.15. The van der Waals surface area contributed by atoms with Gasteiger partial charge in [-0.1, -0.05) is 0 Å². The molecular weight excluding hydrogens is 448 g/mol. The molecule has 3 aliphatic rings. The molecule has 35 heavy (non-hydrogen) atoms. The lowest BCUT2D eigenvalue weighted by molar-refractivity contribution is -0.136. The van der Waals surface area contributed by atoms with Gasteiger partial charge in [-0.3, -0.25) is 14.6 Å². The molecular formula is C25H26N6O4. The number of aliphatic carboxylic acids is 1. The molecule has 0 saturated heterocycles. The molecule has 2 bridgehead atoms. The van der Waals surface area contributed by atoms with Gasteiger partial charge in [-0.05, 0) is 62.8 Å². The van der Waals surface area contributed by atoms with Gasteiger partial charge in [0.05, 0.1) is 51.9 Å². The summed E-state index contributed by atoms with van der Waals surface area (Å²) in [7, 11) is 0. The van der Waals surface area contributed by atoms with E-state index in [4.69, 9.17) is 10.4 Å². The molecule has 0 aromatic carbocycles. The second-order valence-electron chi connectivity index (χ2n) is 9.56. The summed E-state index contributed by atoms with van der Waals surface area (Å²) in [5.74, 6) is -1.38. The maximum Gasteiger partial charge on any atom is 0.305 e. The van der Waals surface area contributed by atoms with Crippen LogP contribution in [0.15, 0.2) is 36.7 Å². The number of aromatic nitrogens is 3. The number of nitriles is 1. The summed E-state index contributed by atoms with van der Waals surface area (Å²) in [5, 5.41) is 39.3. The Bertz CT molecular complexity index is 1330. The Labute approximate surface area is 201 Å². The molecule has 3 aromatic rings. The monoisotopic (exact) mass is 474 g/mol. The first kappa shape index (κ1) is 22.8. The van der Waals surface area contributed by atoms with Gasteiger partial charge in [0.15, 0.2) is 0 Å². The number of hydrogen-bond acceptors (Lipinski definition) is 7. The van der Waals surface area contributed by atoms with Crippen LogP contribution in [0.2, 0.25) is 0 Å². The average molecular weight is 475 g/mol. The quantitative estimate of drug-likeness (QED) is 0.408. The van der Waals surface area contributed by atoms with Crippen LogP contribution in [0.25, 0.3) is 16.9 Å². The molecule has 0 unspecified atom stereocenters. The normalized spacial score (nSPS) is 23.1. The molecule has 3 saturated carbocycles. The summed E-state index contributed by atoms with van der Waals surface area (Å²) in [5.41, 5.74) is 2.67. The number of aliphatic hydroxyl groups is 1. The van der Waals surface area contributed by atoms with E-state index in [0.29, 0.717) is 47.5 Å². The van der Waals surface area contributed by atoms with E-state index in [-0.39, 0.29) is 18.5 Å². The Morgan fingerprint density at radius 2 is 1.86 bits per heavy atom. The van der Waals surface area contributed by atoms with Crippen LogP contribution in [0.5, 0.6) is 0 Å². The van der Waals surface area contributed by atoms with Crippen molar-refractivity contribution in [2.75, 3.05) is 11.9 Å². The van der Waals surface area contributed by atoms with Crippen LogP contribution in [0.4, 0.5) is 5.69 Å². The third-order valence-electron chi connectivity index (χ3n) is 7.27. The molecule has 3 aromatic heterocycles. The Balaban J connectivity index is 1.50. The number of hydrogen-bond donors (Lipinski definition) is 4. The molecule has 0 radical (unpaired) electrons. The van der Waals surface area contributed by atoms with Crippen molar-refractivity contribution in [3.8, 4) is 17.5 Å². The van der Waals surface area contributed by atoms with Crippen molar-refractivity contribution >= 4 is 23.1 Å². The molecule has 3 heterocycles. The molecule has 10 nitrogen and oxygen atoms in total. The van der Waals surface area contributed by atoms with Gasteiger partial charge < -0.3 is 20.8 Å². The molecule has 0 atom stereocenters. The fraction of sp³-hybridized carbons (Fsp3) is 0.400.